The number of ketones is 2. The number of nitrogen functional groups attached to an aromatic ring is 1. The van der Waals surface area contributed by atoms with Crippen molar-refractivity contribution in [1.82, 2.24) is 9.80 Å². The molecule has 0 amide bonds. The van der Waals surface area contributed by atoms with Gasteiger partial charge in [-0.25, -0.2) is 0 Å². The van der Waals surface area contributed by atoms with Gasteiger partial charge in [-0.1, -0.05) is 0 Å². The maximum Gasteiger partial charge on any atom is 0.284 e. The first kappa shape index (κ1) is 36.5. The Morgan fingerprint density at radius 2 is 1.20 bits per heavy atom. The summed E-state index contributed by atoms with van der Waals surface area (Å²) in [5, 5.41) is 11.2. The molecule has 2 saturated heterocycles. The lowest BCUT2D eigenvalue weighted by Gasteiger charge is -2.26. The summed E-state index contributed by atoms with van der Waals surface area (Å²) < 4.78 is 32.5. The van der Waals surface area contributed by atoms with Crippen molar-refractivity contribution in [2.24, 2.45) is 0 Å². The number of nitrogens with two attached hydrogens (primary N) is 1. The summed E-state index contributed by atoms with van der Waals surface area (Å²) in [6.07, 6.45) is 1.70. The van der Waals surface area contributed by atoms with E-state index >= 15 is 0 Å². The highest BCUT2D eigenvalue weighted by molar-refractivity contribution is 6.00. The molecule has 4 rings (SSSR count). The minimum Gasteiger partial charge on any atom is -0.493 e. The molecule has 2 aliphatic heterocycles. The van der Waals surface area contributed by atoms with E-state index in [-0.39, 0.29) is 28.6 Å². The number of morpholine rings is 2. The maximum absolute atomic E-state index is 11.6. The number of hydrogen-bond donors (Lipinski definition) is 1. The molecule has 0 radical (unpaired) electrons. The second-order valence-electron chi connectivity index (χ2n) is 10.8. The van der Waals surface area contributed by atoms with E-state index in [0.717, 1.165) is 78.5 Å². The van der Waals surface area contributed by atoms with Crippen LogP contribution >= 0.6 is 0 Å². The molecule has 0 spiro atoms. The third-order valence-electron chi connectivity index (χ3n) is 7.53. The summed E-state index contributed by atoms with van der Waals surface area (Å²) in [6.45, 7) is 12.5. The fourth-order valence-corrected chi connectivity index (χ4v) is 5.00. The van der Waals surface area contributed by atoms with E-state index in [9.17, 15) is 19.7 Å². The van der Waals surface area contributed by atoms with Crippen LogP contribution in [-0.4, -0.2) is 119 Å². The number of Topliss-reactive ketones (excluding diaryl/α,β-unsaturated/α-hetero) is 2. The van der Waals surface area contributed by atoms with Crippen molar-refractivity contribution in [3.63, 3.8) is 0 Å². The van der Waals surface area contributed by atoms with Crippen LogP contribution in [-0.2, 0) is 9.47 Å². The molecule has 2 heterocycles. The number of methoxy groups -OCH3 is 2. The first-order valence-electron chi connectivity index (χ1n) is 15.4. The van der Waals surface area contributed by atoms with Crippen LogP contribution in [0.3, 0.4) is 0 Å². The van der Waals surface area contributed by atoms with Crippen LogP contribution < -0.4 is 24.7 Å². The van der Waals surface area contributed by atoms with Crippen molar-refractivity contribution in [1.29, 1.82) is 0 Å². The Labute approximate surface area is 269 Å². The molecule has 2 aromatic rings. The first-order chi connectivity index (χ1) is 22.1. The summed E-state index contributed by atoms with van der Waals surface area (Å²) in [4.78, 5) is 38.3. The largest absolute Gasteiger partial charge is 0.493 e. The molecule has 46 heavy (non-hydrogen) atoms. The van der Waals surface area contributed by atoms with Crippen LogP contribution in [0.1, 0.15) is 47.4 Å². The van der Waals surface area contributed by atoms with E-state index in [2.05, 4.69) is 9.80 Å². The number of nitrogens with zero attached hydrogens (tertiary/aromatic N) is 3. The van der Waals surface area contributed by atoms with Crippen LogP contribution in [0.25, 0.3) is 0 Å². The molecular formula is C32H46N4O10. The predicted octanol–water partition coefficient (Wildman–Crippen LogP) is 3.49. The zero-order valence-corrected chi connectivity index (χ0v) is 27.2. The zero-order valence-electron chi connectivity index (χ0n) is 27.2. The molecule has 0 aromatic heterocycles. The smallest absolute Gasteiger partial charge is 0.284 e. The van der Waals surface area contributed by atoms with Gasteiger partial charge < -0.3 is 34.2 Å². The van der Waals surface area contributed by atoms with Gasteiger partial charge in [0, 0.05) is 62.7 Å². The Kier molecular flexibility index (Phi) is 15.0. The monoisotopic (exact) mass is 646 g/mol. The van der Waals surface area contributed by atoms with Crippen LogP contribution in [0.15, 0.2) is 24.3 Å². The average molecular weight is 647 g/mol. The van der Waals surface area contributed by atoms with E-state index in [1.54, 1.807) is 19.2 Å². The number of rotatable bonds is 15. The van der Waals surface area contributed by atoms with E-state index in [0.29, 0.717) is 41.7 Å². The second kappa shape index (κ2) is 18.9. The van der Waals surface area contributed by atoms with Crippen molar-refractivity contribution in [3.05, 3.63) is 45.5 Å². The first-order valence-corrected chi connectivity index (χ1v) is 15.4. The summed E-state index contributed by atoms with van der Waals surface area (Å²) in [5.74, 6) is 1.22. The van der Waals surface area contributed by atoms with Gasteiger partial charge in [0.25, 0.3) is 5.69 Å². The number of carbonyl (C=O) groups excluding carboxylic acids is 2. The second-order valence-corrected chi connectivity index (χ2v) is 10.8. The van der Waals surface area contributed by atoms with Gasteiger partial charge in [-0.2, -0.15) is 0 Å². The lowest BCUT2D eigenvalue weighted by molar-refractivity contribution is -0.385. The van der Waals surface area contributed by atoms with Gasteiger partial charge >= 0.3 is 0 Å². The molecule has 2 aromatic carbocycles. The van der Waals surface area contributed by atoms with Gasteiger partial charge in [0.2, 0.25) is 0 Å². The highest BCUT2D eigenvalue weighted by atomic mass is 16.6. The number of benzene rings is 2. The molecule has 2 N–H and O–H groups in total. The van der Waals surface area contributed by atoms with Gasteiger partial charge in [-0.3, -0.25) is 29.5 Å². The predicted molar refractivity (Wildman–Crippen MR) is 172 cm³/mol. The van der Waals surface area contributed by atoms with Crippen molar-refractivity contribution in [2.45, 2.75) is 26.7 Å². The van der Waals surface area contributed by atoms with Gasteiger partial charge in [0.15, 0.2) is 34.6 Å². The highest BCUT2D eigenvalue weighted by Crippen LogP contribution is 2.35. The van der Waals surface area contributed by atoms with Crippen molar-refractivity contribution >= 4 is 22.9 Å². The molecule has 14 heteroatoms. The van der Waals surface area contributed by atoms with Crippen molar-refractivity contribution in [2.75, 3.05) is 98.9 Å². The highest BCUT2D eigenvalue weighted by Gasteiger charge is 2.22. The number of hydrogen-bond acceptors (Lipinski definition) is 13. The topological polar surface area (TPSA) is 165 Å². The molecule has 2 fully saturated rings. The summed E-state index contributed by atoms with van der Waals surface area (Å²) in [6, 6.07) is 5.90. The average Bonchev–Trinajstić information content (AvgIpc) is 3.05. The van der Waals surface area contributed by atoms with Crippen molar-refractivity contribution < 1.29 is 42.9 Å². The standard InChI is InChI=1S/C16H22N2O6.C16H24N2O4/c1-12(19)13-10-15(22-2)16(11-14(13)18(20)21)24-7-3-4-17-5-8-23-9-6-17;1-12(19)13-10-15(20-2)16(11-14(13)17)22-7-3-4-18-5-8-21-9-6-18/h10-11H,3-9H2,1-2H3;10-11H,3-9,17H2,1-2H3. The number of anilines is 1. The molecular weight excluding hydrogens is 600 g/mol. The van der Waals surface area contributed by atoms with Crippen LogP contribution in [0.2, 0.25) is 0 Å². The fraction of sp³-hybridized carbons (Fsp3) is 0.562. The SMILES string of the molecule is COc1cc(C(C)=O)c(N)cc1OCCCN1CCOCC1.COc1cc(C(C)=O)c([N+](=O)[O-])cc1OCCCN1CCOCC1. The summed E-state index contributed by atoms with van der Waals surface area (Å²) in [5.41, 5.74) is 6.50. The quantitative estimate of drug-likeness (QED) is 0.0984. The molecule has 0 atom stereocenters. The Hall–Kier alpha value is -3.98. The summed E-state index contributed by atoms with van der Waals surface area (Å²) >= 11 is 0. The molecule has 0 saturated carbocycles. The van der Waals surface area contributed by atoms with E-state index in [1.807, 2.05) is 0 Å². The van der Waals surface area contributed by atoms with Crippen molar-refractivity contribution in [3.8, 4) is 23.0 Å². The van der Waals surface area contributed by atoms with E-state index in [4.69, 9.17) is 34.2 Å². The minimum absolute atomic E-state index is 0.0116. The molecule has 0 unspecified atom stereocenters. The number of carbonyl (C=O) groups is 2. The molecule has 14 nitrogen and oxygen atoms in total. The van der Waals surface area contributed by atoms with Gasteiger partial charge in [0.05, 0.1) is 70.4 Å². The summed E-state index contributed by atoms with van der Waals surface area (Å²) in [7, 11) is 2.99. The number of nitro benzene ring substituents is 1. The third-order valence-corrected chi connectivity index (χ3v) is 7.53. The van der Waals surface area contributed by atoms with Gasteiger partial charge in [-0.05, 0) is 32.8 Å². The van der Waals surface area contributed by atoms with Crippen LogP contribution in [0, 0.1) is 10.1 Å². The Balaban J connectivity index is 0.000000251. The minimum atomic E-state index is -0.587. The van der Waals surface area contributed by atoms with Gasteiger partial charge in [0.1, 0.15) is 0 Å². The van der Waals surface area contributed by atoms with Crippen LogP contribution in [0.4, 0.5) is 11.4 Å². The zero-order chi connectivity index (χ0) is 33.5. The molecule has 2 aliphatic rings. The fourth-order valence-electron chi connectivity index (χ4n) is 5.00. The maximum atomic E-state index is 11.6. The van der Waals surface area contributed by atoms with E-state index < -0.39 is 4.92 Å². The Bertz CT molecular complexity index is 1310. The molecule has 0 aliphatic carbocycles. The lowest BCUT2D eigenvalue weighted by atomic mass is 10.1. The molecule has 0 bridgehead atoms. The Morgan fingerprint density at radius 1 is 0.761 bits per heavy atom. The molecule has 254 valence electrons. The number of ether oxygens (including phenoxy) is 6. The third kappa shape index (κ3) is 11.1. The number of nitro groups is 1. The normalized spacial score (nSPS) is 15.3. The lowest BCUT2D eigenvalue weighted by Crippen LogP contribution is -2.37. The van der Waals surface area contributed by atoms with E-state index in [1.165, 1.54) is 33.1 Å². The van der Waals surface area contributed by atoms with Crippen LogP contribution in [0.5, 0.6) is 23.0 Å². The van der Waals surface area contributed by atoms with Gasteiger partial charge in [-0.15, -0.1) is 0 Å². The Morgan fingerprint density at radius 3 is 1.61 bits per heavy atom.